The molecule has 0 aliphatic rings. The van der Waals surface area contributed by atoms with Crippen molar-refractivity contribution >= 4 is 5.71 Å². The quantitative estimate of drug-likeness (QED) is 0.444. The minimum Gasteiger partial charge on any atom is -0.497 e. The molecule has 2 atom stereocenters. The molecule has 0 radical (unpaired) electrons. The zero-order chi connectivity index (χ0) is 17.4. The summed E-state index contributed by atoms with van der Waals surface area (Å²) in [5.41, 5.74) is 1.78. The molecule has 0 spiro atoms. The number of ether oxygens (including phenoxy) is 1. The molecule has 0 saturated heterocycles. The first-order chi connectivity index (χ1) is 11.7. The molecule has 0 unspecified atom stereocenters. The molecule has 2 rings (SSSR count). The van der Waals surface area contributed by atoms with Crippen LogP contribution in [0.3, 0.4) is 0 Å². The van der Waals surface area contributed by atoms with Gasteiger partial charge in [0.15, 0.2) is 6.10 Å². The molecule has 5 heteroatoms. The van der Waals surface area contributed by atoms with E-state index in [-0.39, 0.29) is 6.61 Å². The summed E-state index contributed by atoms with van der Waals surface area (Å²) in [7, 11) is 1.58. The first kappa shape index (κ1) is 17.7. The molecule has 0 fully saturated rings. The minimum atomic E-state index is -0.992. The summed E-state index contributed by atoms with van der Waals surface area (Å²) in [6.07, 6.45) is -0.243. The Morgan fingerprint density at radius 1 is 1.17 bits per heavy atom. The third kappa shape index (κ3) is 4.44. The lowest BCUT2D eigenvalue weighted by Crippen LogP contribution is -2.20. The lowest BCUT2D eigenvalue weighted by molar-refractivity contribution is 0.0142. The molecule has 2 aromatic rings. The summed E-state index contributed by atoms with van der Waals surface area (Å²) in [6.45, 7) is 3.36. The average molecular weight is 327 g/mol. The van der Waals surface area contributed by atoms with Crippen molar-refractivity contribution in [2.24, 2.45) is 5.16 Å². The van der Waals surface area contributed by atoms with E-state index in [0.29, 0.717) is 17.0 Å². The Hall–Kier alpha value is -2.63. The highest BCUT2D eigenvalue weighted by Gasteiger charge is 2.16. The number of oxime groups is 1. The van der Waals surface area contributed by atoms with Crippen molar-refractivity contribution in [1.29, 1.82) is 0 Å². The molecule has 0 saturated carbocycles. The summed E-state index contributed by atoms with van der Waals surface area (Å²) < 4.78 is 5.12. The number of rotatable bonds is 8. The maximum atomic E-state index is 10.1. The molecule has 0 heterocycles. The highest BCUT2D eigenvalue weighted by molar-refractivity contribution is 6.04. The number of hydrogen-bond acceptors (Lipinski definition) is 5. The normalized spacial score (nSPS) is 13.9. The largest absolute Gasteiger partial charge is 0.497 e. The van der Waals surface area contributed by atoms with Crippen LogP contribution in [0, 0.1) is 0 Å². The van der Waals surface area contributed by atoms with Crippen molar-refractivity contribution in [1.82, 2.24) is 0 Å². The second-order valence-electron chi connectivity index (χ2n) is 5.07. The van der Waals surface area contributed by atoms with Gasteiger partial charge < -0.3 is 19.8 Å². The maximum absolute atomic E-state index is 10.1. The van der Waals surface area contributed by atoms with Gasteiger partial charge in [0.2, 0.25) is 0 Å². The molecule has 0 amide bonds. The summed E-state index contributed by atoms with van der Waals surface area (Å²) in [5, 5.41) is 23.7. The predicted octanol–water partition coefficient (Wildman–Crippen LogP) is 2.70. The van der Waals surface area contributed by atoms with Crippen LogP contribution in [0.4, 0.5) is 0 Å². The van der Waals surface area contributed by atoms with E-state index < -0.39 is 12.2 Å². The van der Waals surface area contributed by atoms with Crippen LogP contribution < -0.4 is 4.74 Å². The van der Waals surface area contributed by atoms with E-state index >= 15 is 0 Å². The zero-order valence-corrected chi connectivity index (χ0v) is 13.5. The van der Waals surface area contributed by atoms with Gasteiger partial charge in [-0.15, -0.1) is 6.58 Å². The molecule has 0 aromatic heterocycles. The van der Waals surface area contributed by atoms with Gasteiger partial charge in [-0.2, -0.15) is 0 Å². The molecule has 0 aliphatic carbocycles. The highest BCUT2D eigenvalue weighted by atomic mass is 16.6. The van der Waals surface area contributed by atoms with Crippen LogP contribution in [0.5, 0.6) is 5.75 Å². The first-order valence-electron chi connectivity index (χ1n) is 7.54. The van der Waals surface area contributed by atoms with E-state index in [2.05, 4.69) is 11.7 Å². The summed E-state index contributed by atoms with van der Waals surface area (Å²) >= 11 is 0. The molecule has 126 valence electrons. The van der Waals surface area contributed by atoms with E-state index in [9.17, 15) is 10.2 Å². The van der Waals surface area contributed by atoms with Gasteiger partial charge in [-0.3, -0.25) is 0 Å². The Bertz CT molecular complexity index is 668. The van der Waals surface area contributed by atoms with Crippen LogP contribution in [-0.4, -0.2) is 35.7 Å². The van der Waals surface area contributed by atoms with Gasteiger partial charge in [0, 0.05) is 5.56 Å². The zero-order valence-electron chi connectivity index (χ0n) is 13.5. The standard InChI is InChI=1S/C19H21NO4/c1-3-17(22)19(15-9-11-16(23-2)12-10-15)20-24-18(13-21)14-7-5-4-6-8-14/h3-12,17-18,21-22H,1,13H2,2H3/b20-19-/t17-,18-/m1/s1. The molecule has 5 nitrogen and oxygen atoms in total. The highest BCUT2D eigenvalue weighted by Crippen LogP contribution is 2.19. The summed E-state index contributed by atoms with van der Waals surface area (Å²) in [5.74, 6) is 0.699. The Labute approximate surface area is 141 Å². The molecule has 2 aromatic carbocycles. The molecule has 2 N–H and O–H groups in total. The SMILES string of the molecule is C=C[C@@H](O)/C(=N\O[C@H](CO)c1ccccc1)c1ccc(OC)cc1. The van der Waals surface area contributed by atoms with Crippen LogP contribution in [0.2, 0.25) is 0 Å². The molecule has 24 heavy (non-hydrogen) atoms. The topological polar surface area (TPSA) is 71.3 Å². The van der Waals surface area contributed by atoms with Crippen LogP contribution in [0.1, 0.15) is 17.2 Å². The van der Waals surface area contributed by atoms with Crippen LogP contribution in [0.15, 0.2) is 72.4 Å². The first-order valence-corrected chi connectivity index (χ1v) is 7.54. The number of aliphatic hydroxyl groups is 2. The Morgan fingerprint density at radius 3 is 2.38 bits per heavy atom. The molecule has 0 aliphatic heterocycles. The van der Waals surface area contributed by atoms with Crippen molar-refractivity contribution in [3.63, 3.8) is 0 Å². The Balaban J connectivity index is 2.26. The van der Waals surface area contributed by atoms with Gasteiger partial charge in [-0.1, -0.05) is 41.6 Å². The van der Waals surface area contributed by atoms with Crippen LogP contribution >= 0.6 is 0 Å². The molecular weight excluding hydrogens is 306 g/mol. The van der Waals surface area contributed by atoms with Crippen LogP contribution in [-0.2, 0) is 4.84 Å². The predicted molar refractivity (Wildman–Crippen MR) is 93.1 cm³/mol. The number of methoxy groups -OCH3 is 1. The van der Waals surface area contributed by atoms with Crippen molar-refractivity contribution in [2.75, 3.05) is 13.7 Å². The molecular formula is C19H21NO4. The van der Waals surface area contributed by atoms with E-state index in [1.807, 2.05) is 30.3 Å². The number of nitrogens with zero attached hydrogens (tertiary/aromatic N) is 1. The lowest BCUT2D eigenvalue weighted by Gasteiger charge is -2.16. The third-order valence-corrected chi connectivity index (χ3v) is 3.50. The van der Waals surface area contributed by atoms with Gasteiger partial charge in [-0.05, 0) is 29.8 Å². The van der Waals surface area contributed by atoms with E-state index in [1.54, 1.807) is 31.4 Å². The Kier molecular flexibility index (Phi) is 6.54. The van der Waals surface area contributed by atoms with Crippen molar-refractivity contribution in [3.05, 3.63) is 78.4 Å². The van der Waals surface area contributed by atoms with Gasteiger partial charge in [0.1, 0.15) is 17.6 Å². The summed E-state index contributed by atoms with van der Waals surface area (Å²) in [6, 6.07) is 16.3. The summed E-state index contributed by atoms with van der Waals surface area (Å²) in [4.78, 5) is 5.47. The maximum Gasteiger partial charge on any atom is 0.175 e. The fourth-order valence-electron chi connectivity index (χ4n) is 2.14. The second kappa shape index (κ2) is 8.86. The van der Waals surface area contributed by atoms with Gasteiger partial charge in [-0.25, -0.2) is 0 Å². The average Bonchev–Trinajstić information content (AvgIpc) is 2.66. The smallest absolute Gasteiger partial charge is 0.175 e. The minimum absolute atomic E-state index is 0.229. The van der Waals surface area contributed by atoms with E-state index in [4.69, 9.17) is 9.57 Å². The number of hydrogen-bond donors (Lipinski definition) is 2. The van der Waals surface area contributed by atoms with Crippen molar-refractivity contribution in [3.8, 4) is 5.75 Å². The second-order valence-corrected chi connectivity index (χ2v) is 5.07. The Morgan fingerprint density at radius 2 is 1.83 bits per heavy atom. The van der Waals surface area contributed by atoms with Gasteiger partial charge in [0.25, 0.3) is 0 Å². The van der Waals surface area contributed by atoms with Gasteiger partial charge >= 0.3 is 0 Å². The molecule has 0 bridgehead atoms. The number of aliphatic hydroxyl groups excluding tert-OH is 2. The fraction of sp³-hybridized carbons (Fsp3) is 0.211. The van der Waals surface area contributed by atoms with Crippen molar-refractivity contribution < 1.29 is 19.8 Å². The van der Waals surface area contributed by atoms with E-state index in [1.165, 1.54) is 6.08 Å². The lowest BCUT2D eigenvalue weighted by atomic mass is 10.1. The van der Waals surface area contributed by atoms with Crippen molar-refractivity contribution in [2.45, 2.75) is 12.2 Å². The fourth-order valence-corrected chi connectivity index (χ4v) is 2.14. The van der Waals surface area contributed by atoms with Gasteiger partial charge in [0.05, 0.1) is 13.7 Å². The third-order valence-electron chi connectivity index (χ3n) is 3.50. The van der Waals surface area contributed by atoms with Crippen LogP contribution in [0.25, 0.3) is 0 Å². The number of benzene rings is 2. The monoisotopic (exact) mass is 327 g/mol. The van der Waals surface area contributed by atoms with E-state index in [0.717, 1.165) is 5.56 Å².